The van der Waals surface area contributed by atoms with E-state index >= 15 is 0 Å². The second kappa shape index (κ2) is 8.02. The van der Waals surface area contributed by atoms with Crippen molar-refractivity contribution < 1.29 is 22.7 Å². The Labute approximate surface area is 165 Å². The van der Waals surface area contributed by atoms with Gasteiger partial charge in [-0.1, -0.05) is 0 Å². The molecule has 1 saturated heterocycles. The lowest BCUT2D eigenvalue weighted by Gasteiger charge is -2.26. The average molecular weight is 407 g/mol. The smallest absolute Gasteiger partial charge is 0.246 e. The lowest BCUT2D eigenvalue weighted by molar-refractivity contribution is 0.0730. The zero-order chi connectivity index (χ0) is 20.5. The first-order valence-electron chi connectivity index (χ1n) is 9.05. The SMILES string of the molecule is COc1ccc(C(C)=O)cc1Cn1nc(C)c(S(=O)(=O)N2CCOCC2)c1C. The lowest BCUT2D eigenvalue weighted by atomic mass is 10.1. The molecule has 2 aromatic rings. The molecule has 0 spiro atoms. The van der Waals surface area contributed by atoms with Gasteiger partial charge >= 0.3 is 0 Å². The summed E-state index contributed by atoms with van der Waals surface area (Å²) in [6, 6.07) is 5.21. The van der Waals surface area contributed by atoms with Crippen LogP contribution in [0.3, 0.4) is 0 Å². The normalized spacial score (nSPS) is 15.6. The molecular weight excluding hydrogens is 382 g/mol. The average Bonchev–Trinajstić information content (AvgIpc) is 2.96. The third kappa shape index (κ3) is 3.82. The molecule has 28 heavy (non-hydrogen) atoms. The molecule has 8 nitrogen and oxygen atoms in total. The number of aromatic nitrogens is 2. The Morgan fingerprint density at radius 1 is 1.25 bits per heavy atom. The van der Waals surface area contributed by atoms with Crippen molar-refractivity contribution in [2.24, 2.45) is 0 Å². The molecule has 0 saturated carbocycles. The molecule has 3 rings (SSSR count). The quantitative estimate of drug-likeness (QED) is 0.678. The van der Waals surface area contributed by atoms with Crippen molar-refractivity contribution >= 4 is 15.8 Å². The molecule has 9 heteroatoms. The van der Waals surface area contributed by atoms with E-state index in [2.05, 4.69) is 5.10 Å². The van der Waals surface area contributed by atoms with Crippen molar-refractivity contribution in [3.63, 3.8) is 0 Å². The van der Waals surface area contributed by atoms with E-state index in [0.717, 1.165) is 5.56 Å². The van der Waals surface area contributed by atoms with Crippen molar-refractivity contribution in [3.05, 3.63) is 40.7 Å². The maximum absolute atomic E-state index is 13.1. The van der Waals surface area contributed by atoms with Gasteiger partial charge in [-0.15, -0.1) is 0 Å². The molecule has 2 heterocycles. The highest BCUT2D eigenvalue weighted by molar-refractivity contribution is 7.89. The molecule has 1 aromatic carbocycles. The van der Waals surface area contributed by atoms with Gasteiger partial charge < -0.3 is 9.47 Å². The maximum atomic E-state index is 13.1. The standard InChI is InChI=1S/C19H25N3O5S/c1-13-19(28(24,25)21-7-9-27-10-8-21)14(2)22(20-13)12-17-11-16(15(3)23)5-6-18(17)26-4/h5-6,11H,7-10,12H2,1-4H3. The fourth-order valence-corrected chi connectivity index (χ4v) is 5.19. The molecule has 0 N–H and O–H groups in total. The van der Waals surface area contributed by atoms with E-state index in [9.17, 15) is 13.2 Å². The molecule has 1 aromatic heterocycles. The van der Waals surface area contributed by atoms with Crippen LogP contribution in [0.15, 0.2) is 23.1 Å². The molecular formula is C19H25N3O5S. The molecule has 0 amide bonds. The largest absolute Gasteiger partial charge is 0.496 e. The first-order valence-corrected chi connectivity index (χ1v) is 10.5. The highest BCUT2D eigenvalue weighted by Gasteiger charge is 2.32. The van der Waals surface area contributed by atoms with E-state index in [4.69, 9.17) is 9.47 Å². The molecule has 1 fully saturated rings. The molecule has 0 unspecified atom stereocenters. The first-order chi connectivity index (χ1) is 13.3. The monoisotopic (exact) mass is 407 g/mol. The van der Waals surface area contributed by atoms with Crippen LogP contribution in [0.25, 0.3) is 0 Å². The minimum atomic E-state index is -3.65. The van der Waals surface area contributed by atoms with E-state index in [-0.39, 0.29) is 10.7 Å². The van der Waals surface area contributed by atoms with E-state index in [1.807, 2.05) is 0 Å². The molecule has 0 aliphatic carbocycles. The number of hydrogen-bond donors (Lipinski definition) is 0. The third-order valence-corrected chi connectivity index (χ3v) is 7.04. The fraction of sp³-hybridized carbons (Fsp3) is 0.474. The number of ketones is 1. The van der Waals surface area contributed by atoms with Crippen molar-refractivity contribution in [1.29, 1.82) is 0 Å². The Morgan fingerprint density at radius 3 is 2.54 bits per heavy atom. The van der Waals surface area contributed by atoms with Gasteiger partial charge in [-0.05, 0) is 39.0 Å². The second-order valence-corrected chi connectivity index (χ2v) is 8.63. The van der Waals surface area contributed by atoms with Crippen LogP contribution in [0, 0.1) is 13.8 Å². The summed E-state index contributed by atoms with van der Waals surface area (Å²) in [6.45, 7) is 6.69. The van der Waals surface area contributed by atoms with Gasteiger partial charge in [0, 0.05) is 24.2 Å². The maximum Gasteiger partial charge on any atom is 0.246 e. The predicted molar refractivity (Wildman–Crippen MR) is 103 cm³/mol. The van der Waals surface area contributed by atoms with Crippen molar-refractivity contribution in [2.45, 2.75) is 32.2 Å². The summed E-state index contributed by atoms with van der Waals surface area (Å²) in [5, 5.41) is 4.46. The summed E-state index contributed by atoms with van der Waals surface area (Å²) < 4.78 is 40.0. The first kappa shape index (κ1) is 20.5. The number of carbonyl (C=O) groups excluding carboxylic acids is 1. The number of sulfonamides is 1. The van der Waals surface area contributed by atoms with Gasteiger partial charge in [-0.3, -0.25) is 9.48 Å². The Kier molecular flexibility index (Phi) is 5.87. The zero-order valence-electron chi connectivity index (χ0n) is 16.6. The zero-order valence-corrected chi connectivity index (χ0v) is 17.4. The highest BCUT2D eigenvalue weighted by atomic mass is 32.2. The van der Waals surface area contributed by atoms with Gasteiger partial charge in [0.25, 0.3) is 0 Å². The van der Waals surface area contributed by atoms with E-state index in [1.54, 1.807) is 43.8 Å². The number of methoxy groups -OCH3 is 1. The minimum absolute atomic E-state index is 0.0483. The summed E-state index contributed by atoms with van der Waals surface area (Å²) in [5.74, 6) is 0.572. The van der Waals surface area contributed by atoms with Crippen LogP contribution in [0.1, 0.15) is 34.2 Å². The number of hydrogen-bond acceptors (Lipinski definition) is 6. The van der Waals surface area contributed by atoms with E-state index in [1.165, 1.54) is 11.2 Å². The summed E-state index contributed by atoms with van der Waals surface area (Å²) in [6.07, 6.45) is 0. The van der Waals surface area contributed by atoms with Crippen LogP contribution < -0.4 is 4.74 Å². The van der Waals surface area contributed by atoms with Gasteiger partial charge in [-0.2, -0.15) is 9.40 Å². The van der Waals surface area contributed by atoms with Crippen LogP contribution in [0.4, 0.5) is 0 Å². The summed E-state index contributed by atoms with van der Waals surface area (Å²) in [5.41, 5.74) is 2.33. The Morgan fingerprint density at radius 2 is 1.93 bits per heavy atom. The van der Waals surface area contributed by atoms with Crippen LogP contribution >= 0.6 is 0 Å². The van der Waals surface area contributed by atoms with Crippen LogP contribution in [-0.4, -0.2) is 61.7 Å². The van der Waals surface area contributed by atoms with Crippen LogP contribution in [0.2, 0.25) is 0 Å². The van der Waals surface area contributed by atoms with E-state index < -0.39 is 10.0 Å². The molecule has 1 aliphatic heterocycles. The summed E-state index contributed by atoms with van der Waals surface area (Å²) in [4.78, 5) is 12.0. The fourth-order valence-electron chi connectivity index (χ4n) is 3.41. The Balaban J connectivity index is 1.99. The number of benzene rings is 1. The van der Waals surface area contributed by atoms with Gasteiger partial charge in [0.05, 0.1) is 38.3 Å². The molecule has 0 bridgehead atoms. The number of carbonyl (C=O) groups is 1. The lowest BCUT2D eigenvalue weighted by Crippen LogP contribution is -2.41. The third-order valence-electron chi connectivity index (χ3n) is 4.89. The van der Waals surface area contributed by atoms with Gasteiger partial charge in [0.2, 0.25) is 10.0 Å². The second-order valence-electron chi connectivity index (χ2n) is 6.76. The van der Waals surface area contributed by atoms with Crippen molar-refractivity contribution in [1.82, 2.24) is 14.1 Å². The van der Waals surface area contributed by atoms with E-state index in [0.29, 0.717) is 55.5 Å². The molecule has 152 valence electrons. The van der Waals surface area contributed by atoms with Crippen molar-refractivity contribution in [2.75, 3.05) is 33.4 Å². The van der Waals surface area contributed by atoms with Gasteiger partial charge in [-0.25, -0.2) is 8.42 Å². The number of morpholine rings is 1. The number of aryl methyl sites for hydroxylation is 1. The molecule has 1 aliphatic rings. The number of Topliss-reactive ketones (excluding diaryl/α,β-unsaturated/α-hetero) is 1. The van der Waals surface area contributed by atoms with Crippen molar-refractivity contribution in [3.8, 4) is 5.75 Å². The number of ether oxygens (including phenoxy) is 2. The Bertz CT molecular complexity index is 991. The molecule has 0 radical (unpaired) electrons. The van der Waals surface area contributed by atoms with Crippen LogP contribution in [0.5, 0.6) is 5.75 Å². The van der Waals surface area contributed by atoms with Gasteiger partial charge in [0.15, 0.2) is 5.78 Å². The topological polar surface area (TPSA) is 90.7 Å². The predicted octanol–water partition coefficient (Wildman–Crippen LogP) is 1.78. The Hall–Kier alpha value is -2.23. The van der Waals surface area contributed by atoms with Gasteiger partial charge in [0.1, 0.15) is 10.6 Å². The number of rotatable bonds is 6. The highest BCUT2D eigenvalue weighted by Crippen LogP contribution is 2.27. The number of nitrogens with zero attached hydrogens (tertiary/aromatic N) is 3. The summed E-state index contributed by atoms with van der Waals surface area (Å²) >= 11 is 0. The minimum Gasteiger partial charge on any atom is -0.496 e. The summed E-state index contributed by atoms with van der Waals surface area (Å²) in [7, 11) is -2.09. The van der Waals surface area contributed by atoms with Crippen LogP contribution in [-0.2, 0) is 21.3 Å². The molecule has 0 atom stereocenters.